The van der Waals surface area contributed by atoms with Crippen molar-refractivity contribution in [2.75, 3.05) is 13.2 Å². The van der Waals surface area contributed by atoms with Crippen LogP contribution in [0.1, 0.15) is 151 Å². The predicted octanol–water partition coefficient (Wildman–Crippen LogP) is 5.44. The van der Waals surface area contributed by atoms with Crippen LogP contribution in [0.4, 0.5) is 0 Å². The van der Waals surface area contributed by atoms with Crippen LogP contribution in [-0.2, 0) is 42.2 Å². The smallest absolute Gasteiger partial charge is 0.211 e. The molecule has 0 aliphatic carbocycles. The summed E-state index contributed by atoms with van der Waals surface area (Å²) in [5.74, 6) is 0. The molecule has 0 radical (unpaired) electrons. The van der Waals surface area contributed by atoms with Gasteiger partial charge in [0.05, 0.1) is 25.4 Å². The molecule has 61 heavy (non-hydrogen) atoms. The number of allylic oxidation sites excluding steroid dienone is 2. The minimum Gasteiger partial charge on any atom is -0.493 e. The minimum atomic E-state index is -1.76. The summed E-state index contributed by atoms with van der Waals surface area (Å²) in [5, 5.41) is 103. The van der Waals surface area contributed by atoms with Crippen LogP contribution in [0, 0.1) is 0 Å². The summed E-state index contributed by atoms with van der Waals surface area (Å²) in [7, 11) is 0. The average Bonchev–Trinajstić information content (AvgIpc) is 3.53. The molecule has 0 amide bonds. The summed E-state index contributed by atoms with van der Waals surface area (Å²) in [6.07, 6.45) is 1.64. The van der Waals surface area contributed by atoms with E-state index in [0.717, 1.165) is 117 Å². The summed E-state index contributed by atoms with van der Waals surface area (Å²) < 4.78 is 1.28. The van der Waals surface area contributed by atoms with E-state index in [-0.39, 0.29) is 29.3 Å². The molecular weight excluding hydrogens is 823 g/mol. The zero-order valence-electron chi connectivity index (χ0n) is 36.9. The Morgan fingerprint density at radius 1 is 0.426 bits per heavy atom. The Balaban J connectivity index is 0.0000128. The minimum absolute atomic E-state index is 0. The number of hydrogen-bond donors (Lipinski definition) is 10. The topological polar surface area (TPSA) is 228 Å². The van der Waals surface area contributed by atoms with E-state index in [0.29, 0.717) is 35.4 Å². The van der Waals surface area contributed by atoms with E-state index in [9.17, 15) is 56.6 Å². The van der Waals surface area contributed by atoms with Crippen molar-refractivity contribution in [3.63, 3.8) is 0 Å². The Bertz CT molecular complexity index is 1690. The fourth-order valence-electron chi connectivity index (χ4n) is 8.16. The first kappa shape index (κ1) is 54.7. The van der Waals surface area contributed by atoms with Crippen LogP contribution in [0.3, 0.4) is 0 Å². The normalized spacial score (nSPS) is 17.2. The number of unbranched alkanes of at least 4 members (excludes halogenated alkanes) is 8. The molecule has 0 aromatic heterocycles. The number of nitrogens with zero attached hydrogens (tertiary/aromatic N) is 2. The van der Waals surface area contributed by atoms with Crippen molar-refractivity contribution < 1.29 is 72.3 Å². The molecule has 8 unspecified atom stereocenters. The van der Waals surface area contributed by atoms with E-state index in [2.05, 4.69) is 39.8 Å². The molecule has 0 fully saturated rings. The van der Waals surface area contributed by atoms with Gasteiger partial charge in [-0.15, -0.1) is 0 Å². The van der Waals surface area contributed by atoms with Gasteiger partial charge in [0.15, 0.2) is 0 Å². The van der Waals surface area contributed by atoms with Crippen LogP contribution in [-0.4, -0.2) is 118 Å². The van der Waals surface area contributed by atoms with Crippen molar-refractivity contribution in [3.05, 3.63) is 86.5 Å². The Morgan fingerprint density at radius 2 is 0.754 bits per heavy atom. The number of benzene rings is 2. The molecule has 0 saturated heterocycles. The molecule has 0 bridgehead atoms. The molecular formula is C48H76N2NiO10. The summed E-state index contributed by atoms with van der Waals surface area (Å²) in [4.78, 5) is 0. The van der Waals surface area contributed by atoms with Crippen molar-refractivity contribution in [2.45, 2.75) is 192 Å². The number of hydrogen-bond acceptors (Lipinski definition) is 10. The third-order valence-electron chi connectivity index (χ3n) is 11.8. The van der Waals surface area contributed by atoms with E-state index >= 15 is 0 Å². The van der Waals surface area contributed by atoms with Gasteiger partial charge in [-0.3, -0.25) is 0 Å². The fraction of sp³-hybridized carbons (Fsp3) is 0.667. The number of aliphatic hydroxyl groups excluding tert-OH is 10. The Labute approximate surface area is 374 Å². The first-order valence-electron chi connectivity index (χ1n) is 22.6. The van der Waals surface area contributed by atoms with Crippen molar-refractivity contribution >= 4 is 11.4 Å². The standard InChI is InChI=1S/C48H76N2O10.Ni/c1-5-9-13-14-15-16-20-38-37(19-12-8-4)43(35-23-31(17-10-6-2)21-33(25-35)27-39(53)45(57)47(59)41(55)29-51)50(49)44(38)36-24-32(18-11-7-3)22-34(26-36)28-40(54)46(58)48(60)42(56)30-52;/h21-26,39-42,45-48,51-60H,5-20,27-30H2,1-4H3;. The monoisotopic (exact) mass is 898 g/mol. The van der Waals surface area contributed by atoms with Crippen LogP contribution in [0.15, 0.2) is 47.5 Å². The molecule has 2 aromatic carbocycles. The molecule has 2 aromatic rings. The van der Waals surface area contributed by atoms with Gasteiger partial charge in [0.1, 0.15) is 36.6 Å². The van der Waals surface area contributed by atoms with Gasteiger partial charge in [-0.25, -0.2) is 4.70 Å². The largest absolute Gasteiger partial charge is 0.493 e. The van der Waals surface area contributed by atoms with Gasteiger partial charge in [0.2, 0.25) is 11.4 Å². The first-order chi connectivity index (χ1) is 28.8. The summed E-state index contributed by atoms with van der Waals surface area (Å²) in [6, 6.07) is 11.8. The van der Waals surface area contributed by atoms with Crippen molar-refractivity contribution in [1.82, 2.24) is 0 Å². The van der Waals surface area contributed by atoms with Gasteiger partial charge in [-0.05, 0) is 97.9 Å². The molecule has 10 N–H and O–H groups in total. The Kier molecular flexibility index (Phi) is 25.5. The van der Waals surface area contributed by atoms with Crippen LogP contribution >= 0.6 is 0 Å². The fourth-order valence-corrected chi connectivity index (χ4v) is 8.16. The van der Waals surface area contributed by atoms with Crippen LogP contribution in [0.5, 0.6) is 0 Å². The zero-order valence-corrected chi connectivity index (χ0v) is 37.9. The average molecular weight is 900 g/mol. The number of aryl methyl sites for hydroxylation is 2. The predicted molar refractivity (Wildman–Crippen MR) is 235 cm³/mol. The van der Waals surface area contributed by atoms with Crippen molar-refractivity contribution in [3.8, 4) is 0 Å². The van der Waals surface area contributed by atoms with Crippen LogP contribution in [0.2, 0.25) is 0 Å². The SMILES string of the molecule is CCCCCCCCC1=C(c2cc(CCCC)cc(CC(O)C(O)C(O)C(O)CO)c2)[N+](=[N-])C(c2cc(CCCC)cc(CC(O)C(O)C(O)C(O)CO)c2)=C1CCCC.[Ni]. The third-order valence-corrected chi connectivity index (χ3v) is 11.8. The van der Waals surface area contributed by atoms with Gasteiger partial charge in [-0.1, -0.05) is 91.2 Å². The molecule has 12 nitrogen and oxygen atoms in total. The third kappa shape index (κ3) is 16.0. The van der Waals surface area contributed by atoms with Crippen LogP contribution < -0.4 is 0 Å². The zero-order chi connectivity index (χ0) is 44.4. The van der Waals surface area contributed by atoms with Gasteiger partial charge in [0.25, 0.3) is 0 Å². The van der Waals surface area contributed by atoms with Crippen LogP contribution in [0.25, 0.3) is 16.9 Å². The number of aliphatic hydroxyl groups is 10. The van der Waals surface area contributed by atoms with E-state index in [1.165, 1.54) is 11.1 Å². The summed E-state index contributed by atoms with van der Waals surface area (Å²) in [6.45, 7) is 6.97. The molecule has 1 heterocycles. The van der Waals surface area contributed by atoms with Gasteiger partial charge >= 0.3 is 0 Å². The van der Waals surface area contributed by atoms with E-state index < -0.39 is 62.0 Å². The Hall–Kier alpha value is -2.39. The van der Waals surface area contributed by atoms with Gasteiger partial charge < -0.3 is 56.6 Å². The second kappa shape index (κ2) is 28.4. The molecule has 0 spiro atoms. The molecule has 348 valence electrons. The van der Waals surface area contributed by atoms with Gasteiger partial charge in [0, 0.05) is 51.6 Å². The maximum Gasteiger partial charge on any atom is 0.211 e. The quantitative estimate of drug-likeness (QED) is 0.0272. The molecule has 1 aliphatic rings. The van der Waals surface area contributed by atoms with E-state index in [1.54, 1.807) is 0 Å². The second-order valence-electron chi connectivity index (χ2n) is 16.9. The molecule has 8 atom stereocenters. The van der Waals surface area contributed by atoms with Crippen molar-refractivity contribution in [1.29, 1.82) is 0 Å². The number of rotatable bonds is 30. The van der Waals surface area contributed by atoms with Gasteiger partial charge in [-0.2, -0.15) is 0 Å². The molecule has 0 saturated carbocycles. The van der Waals surface area contributed by atoms with E-state index in [4.69, 9.17) is 0 Å². The maximum atomic E-state index is 12.6. The maximum absolute atomic E-state index is 12.6. The molecule has 13 heteroatoms. The Morgan fingerprint density at radius 3 is 1.15 bits per heavy atom. The molecule has 3 rings (SSSR count). The summed E-state index contributed by atoms with van der Waals surface area (Å²) >= 11 is 0. The second-order valence-corrected chi connectivity index (χ2v) is 16.9. The molecule has 1 aliphatic heterocycles. The first-order valence-corrected chi connectivity index (χ1v) is 22.6. The van der Waals surface area contributed by atoms with E-state index in [1.807, 2.05) is 24.3 Å². The van der Waals surface area contributed by atoms with Crippen molar-refractivity contribution in [2.24, 2.45) is 0 Å². The summed E-state index contributed by atoms with van der Waals surface area (Å²) in [5.41, 5.74) is 20.7.